The van der Waals surface area contributed by atoms with Gasteiger partial charge in [0.05, 0.1) is 25.6 Å². The molecule has 0 N–H and O–H groups in total. The van der Waals surface area contributed by atoms with Crippen LogP contribution < -0.4 is 0 Å². The van der Waals surface area contributed by atoms with Crippen LogP contribution in [0.1, 0.15) is 28.3 Å². The first kappa shape index (κ1) is 26.9. The standard InChI is InChI=1S/C32H35N3O3/c1-33-20-12-19-29(33)24-35(23-26-13-6-3-7-14-26)30(36)25-34(21-22-38-2)32(37)31(27-15-8-4-9-16-27)28-17-10-5-11-18-28/h3-20,31H,21-25H2,1-2H3. The van der Waals surface area contributed by atoms with E-state index >= 15 is 0 Å². The molecular weight excluding hydrogens is 474 g/mol. The number of carbonyl (C=O) groups is 2. The minimum atomic E-state index is -0.516. The molecule has 0 fully saturated rings. The minimum absolute atomic E-state index is 0.0321. The van der Waals surface area contributed by atoms with E-state index in [1.54, 1.807) is 12.0 Å². The second kappa shape index (κ2) is 13.4. The number of ether oxygens (including phenoxy) is 1. The van der Waals surface area contributed by atoms with Crippen LogP contribution in [-0.2, 0) is 34.5 Å². The number of amides is 2. The summed E-state index contributed by atoms with van der Waals surface area (Å²) in [6.07, 6.45) is 1.97. The Balaban J connectivity index is 1.62. The lowest BCUT2D eigenvalue weighted by Gasteiger charge is -2.30. The quantitative estimate of drug-likeness (QED) is 0.274. The van der Waals surface area contributed by atoms with Crippen molar-refractivity contribution in [1.82, 2.24) is 14.4 Å². The smallest absolute Gasteiger partial charge is 0.242 e. The van der Waals surface area contributed by atoms with Gasteiger partial charge < -0.3 is 19.1 Å². The van der Waals surface area contributed by atoms with E-state index in [1.165, 1.54) is 0 Å². The molecule has 196 valence electrons. The number of rotatable bonds is 12. The highest BCUT2D eigenvalue weighted by atomic mass is 16.5. The normalized spacial score (nSPS) is 10.9. The van der Waals surface area contributed by atoms with Crippen molar-refractivity contribution in [3.05, 3.63) is 132 Å². The average molecular weight is 510 g/mol. The number of aromatic nitrogens is 1. The lowest BCUT2D eigenvalue weighted by molar-refractivity contribution is -0.142. The fraction of sp³-hybridized carbons (Fsp3) is 0.250. The number of benzene rings is 3. The van der Waals surface area contributed by atoms with Crippen LogP contribution in [0.5, 0.6) is 0 Å². The van der Waals surface area contributed by atoms with Crippen LogP contribution in [0.3, 0.4) is 0 Å². The molecule has 0 atom stereocenters. The first-order valence-electron chi connectivity index (χ1n) is 12.9. The van der Waals surface area contributed by atoms with Gasteiger partial charge in [-0.05, 0) is 28.8 Å². The van der Waals surface area contributed by atoms with Crippen molar-refractivity contribution in [3.63, 3.8) is 0 Å². The first-order valence-corrected chi connectivity index (χ1v) is 12.9. The molecule has 38 heavy (non-hydrogen) atoms. The number of carbonyl (C=O) groups excluding carboxylic acids is 2. The van der Waals surface area contributed by atoms with E-state index in [2.05, 4.69) is 0 Å². The molecule has 6 heteroatoms. The maximum atomic E-state index is 14.1. The highest BCUT2D eigenvalue weighted by molar-refractivity contribution is 5.91. The average Bonchev–Trinajstić information content (AvgIpc) is 3.36. The fourth-order valence-electron chi connectivity index (χ4n) is 4.58. The summed E-state index contributed by atoms with van der Waals surface area (Å²) in [6.45, 7) is 1.53. The van der Waals surface area contributed by atoms with E-state index in [4.69, 9.17) is 4.74 Å². The van der Waals surface area contributed by atoms with Crippen molar-refractivity contribution in [2.24, 2.45) is 7.05 Å². The Kier molecular flexibility index (Phi) is 9.48. The molecule has 4 rings (SSSR count). The molecule has 0 unspecified atom stereocenters. The van der Waals surface area contributed by atoms with E-state index < -0.39 is 5.92 Å². The Hall–Kier alpha value is -4.16. The number of hydrogen-bond acceptors (Lipinski definition) is 3. The molecule has 4 aromatic rings. The number of aryl methyl sites for hydroxylation is 1. The minimum Gasteiger partial charge on any atom is -0.383 e. The molecule has 6 nitrogen and oxygen atoms in total. The van der Waals surface area contributed by atoms with Crippen LogP contribution in [0.15, 0.2) is 109 Å². The van der Waals surface area contributed by atoms with Crippen molar-refractivity contribution >= 4 is 11.8 Å². The molecule has 0 saturated heterocycles. The Morgan fingerprint density at radius 3 is 1.87 bits per heavy atom. The highest BCUT2D eigenvalue weighted by Crippen LogP contribution is 2.27. The largest absolute Gasteiger partial charge is 0.383 e. The zero-order valence-electron chi connectivity index (χ0n) is 22.1. The monoisotopic (exact) mass is 509 g/mol. The van der Waals surface area contributed by atoms with E-state index in [9.17, 15) is 9.59 Å². The predicted molar refractivity (Wildman–Crippen MR) is 149 cm³/mol. The summed E-state index contributed by atoms with van der Waals surface area (Å²) in [4.78, 5) is 31.4. The Bertz CT molecular complexity index is 1250. The zero-order chi connectivity index (χ0) is 26.7. The molecule has 3 aromatic carbocycles. The second-order valence-corrected chi connectivity index (χ2v) is 9.35. The molecule has 2 amide bonds. The lowest BCUT2D eigenvalue weighted by atomic mass is 9.90. The fourth-order valence-corrected chi connectivity index (χ4v) is 4.58. The molecular formula is C32H35N3O3. The lowest BCUT2D eigenvalue weighted by Crippen LogP contribution is -2.45. The van der Waals surface area contributed by atoms with Crippen LogP contribution >= 0.6 is 0 Å². The molecule has 0 bridgehead atoms. The van der Waals surface area contributed by atoms with E-state index in [0.29, 0.717) is 26.2 Å². The van der Waals surface area contributed by atoms with Gasteiger partial charge in [-0.25, -0.2) is 0 Å². The van der Waals surface area contributed by atoms with Crippen molar-refractivity contribution < 1.29 is 14.3 Å². The van der Waals surface area contributed by atoms with Gasteiger partial charge in [0, 0.05) is 39.1 Å². The van der Waals surface area contributed by atoms with E-state index in [-0.39, 0.29) is 18.4 Å². The van der Waals surface area contributed by atoms with Crippen molar-refractivity contribution in [2.75, 3.05) is 26.8 Å². The van der Waals surface area contributed by atoms with Gasteiger partial charge in [0.25, 0.3) is 0 Å². The summed E-state index contributed by atoms with van der Waals surface area (Å²) in [6, 6.07) is 33.4. The number of nitrogens with zero attached hydrogens (tertiary/aromatic N) is 3. The molecule has 0 aliphatic carbocycles. The van der Waals surface area contributed by atoms with Gasteiger partial charge in [-0.1, -0.05) is 91.0 Å². The molecule has 0 aliphatic rings. The first-order chi connectivity index (χ1) is 18.6. The molecule has 1 heterocycles. The van der Waals surface area contributed by atoms with Crippen LogP contribution in [0.2, 0.25) is 0 Å². The topological polar surface area (TPSA) is 54.8 Å². The molecule has 1 aromatic heterocycles. The van der Waals surface area contributed by atoms with Gasteiger partial charge in [-0.15, -0.1) is 0 Å². The van der Waals surface area contributed by atoms with Gasteiger partial charge in [0.15, 0.2) is 0 Å². The third-order valence-corrected chi connectivity index (χ3v) is 6.69. The Morgan fingerprint density at radius 2 is 1.34 bits per heavy atom. The van der Waals surface area contributed by atoms with Gasteiger partial charge in [0.1, 0.15) is 0 Å². The zero-order valence-corrected chi connectivity index (χ0v) is 22.1. The van der Waals surface area contributed by atoms with E-state index in [1.807, 2.05) is 126 Å². The Labute approximate surface area is 225 Å². The Morgan fingerprint density at radius 1 is 0.763 bits per heavy atom. The summed E-state index contributed by atoms with van der Waals surface area (Å²) in [5.74, 6) is -0.747. The van der Waals surface area contributed by atoms with Gasteiger partial charge >= 0.3 is 0 Å². The van der Waals surface area contributed by atoms with Gasteiger partial charge in [-0.3, -0.25) is 9.59 Å². The maximum absolute atomic E-state index is 14.1. The number of hydrogen-bond donors (Lipinski definition) is 0. The summed E-state index contributed by atoms with van der Waals surface area (Å²) >= 11 is 0. The van der Waals surface area contributed by atoms with Crippen molar-refractivity contribution in [2.45, 2.75) is 19.0 Å². The third-order valence-electron chi connectivity index (χ3n) is 6.69. The van der Waals surface area contributed by atoms with Crippen LogP contribution in [0.4, 0.5) is 0 Å². The molecule has 0 spiro atoms. The van der Waals surface area contributed by atoms with Gasteiger partial charge in [0.2, 0.25) is 11.8 Å². The maximum Gasteiger partial charge on any atom is 0.242 e. The molecule has 0 aliphatic heterocycles. The van der Waals surface area contributed by atoms with Crippen molar-refractivity contribution in [1.29, 1.82) is 0 Å². The van der Waals surface area contributed by atoms with Crippen LogP contribution in [0, 0.1) is 0 Å². The van der Waals surface area contributed by atoms with Crippen molar-refractivity contribution in [3.8, 4) is 0 Å². The third kappa shape index (κ3) is 6.99. The molecule has 0 radical (unpaired) electrons. The second-order valence-electron chi connectivity index (χ2n) is 9.35. The van der Waals surface area contributed by atoms with Crippen LogP contribution in [0.25, 0.3) is 0 Å². The van der Waals surface area contributed by atoms with Gasteiger partial charge in [-0.2, -0.15) is 0 Å². The predicted octanol–water partition coefficient (Wildman–Crippen LogP) is 4.86. The SMILES string of the molecule is COCCN(CC(=O)N(Cc1ccccc1)Cc1cccn1C)C(=O)C(c1ccccc1)c1ccccc1. The molecule has 0 saturated carbocycles. The highest BCUT2D eigenvalue weighted by Gasteiger charge is 2.30. The summed E-state index contributed by atoms with van der Waals surface area (Å²) in [5.41, 5.74) is 3.85. The summed E-state index contributed by atoms with van der Waals surface area (Å²) < 4.78 is 7.34. The number of methoxy groups -OCH3 is 1. The van der Waals surface area contributed by atoms with E-state index in [0.717, 1.165) is 22.4 Å². The summed E-state index contributed by atoms with van der Waals surface area (Å²) in [7, 11) is 3.58. The van der Waals surface area contributed by atoms with Crippen LogP contribution in [-0.4, -0.2) is 53.0 Å². The summed E-state index contributed by atoms with van der Waals surface area (Å²) in [5, 5.41) is 0.